The molecule has 0 aromatic rings. The normalized spacial score (nSPS) is 38.2. The lowest BCUT2D eigenvalue weighted by molar-refractivity contribution is -0.221. The molecule has 4 saturated carbocycles. The molecule has 7 rings (SSSR count). The lowest BCUT2D eigenvalue weighted by Gasteiger charge is -2.72. The summed E-state index contributed by atoms with van der Waals surface area (Å²) in [6.07, 6.45) is 19.0. The highest BCUT2D eigenvalue weighted by Gasteiger charge is 2.70. The molecule has 0 amide bonds. The summed E-state index contributed by atoms with van der Waals surface area (Å²) in [5.41, 5.74) is 2.98. The van der Waals surface area contributed by atoms with Crippen LogP contribution >= 0.6 is 0 Å². The van der Waals surface area contributed by atoms with Crippen LogP contribution in [0.3, 0.4) is 0 Å². The molecular formula is C57H93FN2O6Si. The second-order valence-corrected chi connectivity index (χ2v) is 30.7. The van der Waals surface area contributed by atoms with E-state index in [1.54, 1.807) is 13.8 Å². The molecule has 10 atom stereocenters. The maximum atomic E-state index is 14.2. The monoisotopic (exact) mass is 949 g/mol. The van der Waals surface area contributed by atoms with Crippen molar-refractivity contribution in [1.29, 1.82) is 0 Å². The third-order valence-electron chi connectivity index (χ3n) is 21.7. The zero-order valence-corrected chi connectivity index (χ0v) is 45.6. The van der Waals surface area contributed by atoms with E-state index < -0.39 is 37.8 Å². The first kappa shape index (κ1) is 52.5. The Hall–Kier alpha value is -2.30. The van der Waals surface area contributed by atoms with Gasteiger partial charge in [0.05, 0.1) is 25.3 Å². The summed E-state index contributed by atoms with van der Waals surface area (Å²) in [4.78, 5) is 42.7. The molecule has 67 heavy (non-hydrogen) atoms. The zero-order chi connectivity index (χ0) is 49.2. The number of carbonyl (C=O) groups is 3. The first-order valence-corrected chi connectivity index (χ1v) is 29.9. The van der Waals surface area contributed by atoms with Crippen molar-refractivity contribution >= 4 is 26.2 Å². The van der Waals surface area contributed by atoms with Gasteiger partial charge in [0.1, 0.15) is 0 Å². The molecule has 0 spiro atoms. The van der Waals surface area contributed by atoms with Crippen molar-refractivity contribution in [1.82, 2.24) is 10.2 Å². The molecule has 378 valence electrons. The Morgan fingerprint density at radius 3 is 2.04 bits per heavy atom. The Morgan fingerprint density at radius 1 is 0.821 bits per heavy atom. The Morgan fingerprint density at radius 2 is 1.48 bits per heavy atom. The highest BCUT2D eigenvalue weighted by Crippen LogP contribution is 2.76. The number of nitrogens with one attached hydrogen (secondary N) is 1. The van der Waals surface area contributed by atoms with Gasteiger partial charge in [-0.2, -0.15) is 0 Å². The highest BCUT2D eigenvalue weighted by atomic mass is 28.4. The fourth-order valence-electron chi connectivity index (χ4n) is 16.6. The first-order chi connectivity index (χ1) is 31.3. The van der Waals surface area contributed by atoms with Crippen LogP contribution in [0.4, 0.5) is 4.39 Å². The number of likely N-dealkylation sites (tertiary alicyclic amines) is 1. The molecule has 1 heterocycles. The second-order valence-electron chi connectivity index (χ2n) is 26.0. The van der Waals surface area contributed by atoms with E-state index in [9.17, 15) is 18.8 Å². The van der Waals surface area contributed by atoms with Gasteiger partial charge in [0.15, 0.2) is 5.41 Å². The van der Waals surface area contributed by atoms with E-state index in [-0.39, 0.29) is 57.8 Å². The van der Waals surface area contributed by atoms with Crippen LogP contribution in [0.5, 0.6) is 0 Å². The van der Waals surface area contributed by atoms with Gasteiger partial charge in [0.2, 0.25) is 0 Å². The van der Waals surface area contributed by atoms with Crippen LogP contribution in [0, 0.1) is 62.1 Å². The van der Waals surface area contributed by atoms with E-state index in [4.69, 9.17) is 13.9 Å². The van der Waals surface area contributed by atoms with Gasteiger partial charge in [-0.1, -0.05) is 79.7 Å². The number of carbonyl (C=O) groups excluding carboxylic acids is 3. The molecule has 0 aromatic heterocycles. The van der Waals surface area contributed by atoms with Crippen molar-refractivity contribution in [2.75, 3.05) is 46.1 Å². The van der Waals surface area contributed by atoms with E-state index in [1.165, 1.54) is 68.1 Å². The van der Waals surface area contributed by atoms with Crippen molar-refractivity contribution < 1.29 is 32.7 Å². The molecule has 7 aliphatic rings. The number of ether oxygens (including phenoxy) is 2. The minimum Gasteiger partial charge on any atom is -0.519 e. The predicted molar refractivity (Wildman–Crippen MR) is 270 cm³/mol. The fraction of sp³-hybridized carbons (Fsp3) is 0.842. The Bertz CT molecular complexity index is 1940. The number of hydrogen-bond acceptors (Lipinski definition) is 8. The van der Waals surface area contributed by atoms with E-state index in [2.05, 4.69) is 104 Å². The quantitative estimate of drug-likeness (QED) is 0.0796. The molecule has 0 unspecified atom stereocenters. The van der Waals surface area contributed by atoms with Crippen LogP contribution in [0.2, 0.25) is 18.1 Å². The molecule has 0 radical (unpaired) electrons. The van der Waals surface area contributed by atoms with E-state index in [1.807, 2.05) is 0 Å². The standard InChI is InChI=1S/C57H93FN2O6Si/c1-15-64-48(62)56(49(63)65-16-2)32-36-60(37-33-56)38-35-59-57-28-21-41(39(3)4)46(57)43-17-18-45-52(10)24-22-42(51(8,9)44(52)23-25-54(45,12)53(43,11)29-30-57)40-19-26-55(27-20-40,31-34-58)47(61)66-67(13,14)50(5,6)7/h19,22,41,43-46,59H,3,15-18,20-21,23-38H2,1-2,4-14H3/t41-,43+,44-,45+,46+,52-,53+,54+,55+,57-/m0/s1. The van der Waals surface area contributed by atoms with Gasteiger partial charge in [-0.15, -0.1) is 0 Å². The molecule has 1 N–H and O–H groups in total. The molecule has 6 aliphatic carbocycles. The molecule has 1 saturated heterocycles. The predicted octanol–water partition coefficient (Wildman–Crippen LogP) is 12.7. The lowest BCUT2D eigenvalue weighted by Crippen LogP contribution is -2.68. The largest absolute Gasteiger partial charge is 0.519 e. The maximum Gasteiger partial charge on any atom is 0.323 e. The third-order valence-corrected chi connectivity index (χ3v) is 26.0. The van der Waals surface area contributed by atoms with Crippen molar-refractivity contribution in [3.63, 3.8) is 0 Å². The average molecular weight is 949 g/mol. The van der Waals surface area contributed by atoms with Crippen LogP contribution in [-0.2, 0) is 28.3 Å². The number of allylic oxidation sites excluding steroid dienone is 5. The van der Waals surface area contributed by atoms with E-state index in [0.29, 0.717) is 68.4 Å². The van der Waals surface area contributed by atoms with Gasteiger partial charge in [-0.05, 0) is 211 Å². The highest BCUT2D eigenvalue weighted by molar-refractivity contribution is 6.75. The van der Waals surface area contributed by atoms with Crippen LogP contribution < -0.4 is 5.32 Å². The second kappa shape index (κ2) is 18.7. The van der Waals surface area contributed by atoms with E-state index >= 15 is 0 Å². The number of esters is 2. The Balaban J connectivity index is 1.07. The first-order valence-electron chi connectivity index (χ1n) is 26.9. The van der Waals surface area contributed by atoms with Gasteiger partial charge >= 0.3 is 11.9 Å². The van der Waals surface area contributed by atoms with Gasteiger partial charge in [0, 0.05) is 18.6 Å². The van der Waals surface area contributed by atoms with Crippen LogP contribution in [-0.4, -0.2) is 82.7 Å². The van der Waals surface area contributed by atoms with Crippen LogP contribution in [0.25, 0.3) is 0 Å². The van der Waals surface area contributed by atoms with Gasteiger partial charge in [-0.25, -0.2) is 0 Å². The number of alkyl halides is 1. The molecule has 0 bridgehead atoms. The third kappa shape index (κ3) is 8.62. The molecule has 10 heteroatoms. The van der Waals surface area contributed by atoms with Crippen LogP contribution in [0.1, 0.15) is 172 Å². The topological polar surface area (TPSA) is 94.2 Å². The molecule has 8 nitrogen and oxygen atoms in total. The maximum absolute atomic E-state index is 14.2. The number of nitrogens with zero attached hydrogens (tertiary/aromatic N) is 1. The molecule has 0 aromatic carbocycles. The van der Waals surface area contributed by atoms with Gasteiger partial charge in [0.25, 0.3) is 14.3 Å². The Kier molecular flexibility index (Phi) is 14.7. The lowest BCUT2D eigenvalue weighted by atomic mass is 9.33. The number of hydrogen-bond donors (Lipinski definition) is 1. The van der Waals surface area contributed by atoms with Gasteiger partial charge in [-0.3, -0.25) is 18.8 Å². The average Bonchev–Trinajstić information content (AvgIpc) is 3.64. The van der Waals surface area contributed by atoms with Gasteiger partial charge < -0.3 is 24.1 Å². The smallest absolute Gasteiger partial charge is 0.323 e. The minimum atomic E-state index is -2.34. The molecule has 1 aliphatic heterocycles. The van der Waals surface area contributed by atoms with Crippen molar-refractivity contribution in [3.05, 3.63) is 35.5 Å². The number of fused-ring (bicyclic) bond motifs is 7. The summed E-state index contributed by atoms with van der Waals surface area (Å²) in [5.74, 6) is 1.87. The Labute approximate surface area is 407 Å². The molecular weight excluding hydrogens is 856 g/mol. The van der Waals surface area contributed by atoms with E-state index in [0.717, 1.165) is 25.9 Å². The molecule has 5 fully saturated rings. The summed E-state index contributed by atoms with van der Waals surface area (Å²) in [6, 6.07) is 0. The number of piperidine rings is 1. The van der Waals surface area contributed by atoms with Crippen molar-refractivity contribution in [2.45, 2.75) is 196 Å². The van der Waals surface area contributed by atoms with Crippen LogP contribution in [0.15, 0.2) is 35.5 Å². The number of halogens is 1. The summed E-state index contributed by atoms with van der Waals surface area (Å²) < 4.78 is 31.4. The van der Waals surface area contributed by atoms with Crippen molar-refractivity contribution in [3.8, 4) is 0 Å². The number of rotatable bonds is 14. The summed E-state index contributed by atoms with van der Waals surface area (Å²) >= 11 is 0. The fourth-order valence-corrected chi connectivity index (χ4v) is 17.6. The summed E-state index contributed by atoms with van der Waals surface area (Å²) in [5, 5.41) is 4.19. The summed E-state index contributed by atoms with van der Waals surface area (Å²) in [6.45, 7) is 37.5. The van der Waals surface area contributed by atoms with Crippen molar-refractivity contribution in [2.24, 2.45) is 62.1 Å². The minimum absolute atomic E-state index is 0.00469. The zero-order valence-electron chi connectivity index (χ0n) is 44.6. The SMILES string of the molecule is C=C(C)[C@@H]1CC[C@]2(NCCN3CCC(C(=O)OCC)(C(=O)OCC)CC3)CC[C@]3(C)[C@H](CC[C@@H]4[C@@]5(C)CC=C(C6=CC[C@@](CCF)(C(=O)O[Si](C)(C)C(C)(C)C)CC6)C(C)(C)[C@@H]5CC[C@]43C)[C@@H]12. The summed E-state index contributed by atoms with van der Waals surface area (Å²) in [7, 11) is -2.34.